The van der Waals surface area contributed by atoms with Gasteiger partial charge in [-0.3, -0.25) is 4.40 Å². The predicted octanol–water partition coefficient (Wildman–Crippen LogP) is 2.30. The Morgan fingerprint density at radius 1 is 1.29 bits per heavy atom. The maximum absolute atomic E-state index is 12.0. The molecule has 3 aromatic rings. The van der Waals surface area contributed by atoms with Gasteiger partial charge in [0.1, 0.15) is 5.65 Å². The average Bonchev–Trinajstić information content (AvgIpc) is 2.86. The minimum Gasteiger partial charge on any atom is -0.281 e. The summed E-state index contributed by atoms with van der Waals surface area (Å²) in [4.78, 5) is 8.91. The molecule has 21 heavy (non-hydrogen) atoms. The summed E-state index contributed by atoms with van der Waals surface area (Å²) in [6.45, 7) is 3.53. The molecular weight excluding hydrogens is 286 g/mol. The number of sulfone groups is 1. The van der Waals surface area contributed by atoms with Crippen LogP contribution in [0.25, 0.3) is 16.9 Å². The molecule has 0 saturated carbocycles. The summed E-state index contributed by atoms with van der Waals surface area (Å²) in [7, 11) is -3.23. The van der Waals surface area contributed by atoms with E-state index in [-0.39, 0.29) is 5.75 Å². The molecule has 0 fully saturated rings. The van der Waals surface area contributed by atoms with Gasteiger partial charge >= 0.3 is 0 Å². The second-order valence-corrected chi connectivity index (χ2v) is 7.06. The molecule has 3 rings (SSSR count). The summed E-state index contributed by atoms with van der Waals surface area (Å²) in [6.07, 6.45) is 4.70. The monoisotopic (exact) mass is 300 g/mol. The fraction of sp³-hybridized carbons (Fsp3) is 0.200. The zero-order chi connectivity index (χ0) is 15.0. The van der Waals surface area contributed by atoms with Crippen molar-refractivity contribution in [3.05, 3.63) is 48.5 Å². The van der Waals surface area contributed by atoms with E-state index in [9.17, 15) is 8.42 Å². The molecular formula is C15H14N3O2S. The van der Waals surface area contributed by atoms with E-state index in [4.69, 9.17) is 0 Å². The second kappa shape index (κ2) is 4.96. The number of fused-ring (bicyclic) bond motifs is 1. The molecule has 5 nitrogen and oxygen atoms in total. The fourth-order valence-corrected chi connectivity index (χ4v) is 3.05. The highest BCUT2D eigenvalue weighted by Crippen LogP contribution is 2.22. The molecule has 0 unspecified atom stereocenters. The largest absolute Gasteiger partial charge is 0.281 e. The van der Waals surface area contributed by atoms with Crippen LogP contribution in [0.3, 0.4) is 0 Å². The van der Waals surface area contributed by atoms with Crippen molar-refractivity contribution < 1.29 is 8.42 Å². The predicted molar refractivity (Wildman–Crippen MR) is 79.7 cm³/mol. The van der Waals surface area contributed by atoms with Crippen LogP contribution in [0.4, 0.5) is 0 Å². The smallest absolute Gasteiger partial charge is 0.183 e. The summed E-state index contributed by atoms with van der Waals surface area (Å²) in [5.41, 5.74) is 3.01. The highest BCUT2D eigenvalue weighted by molar-refractivity contribution is 7.91. The van der Waals surface area contributed by atoms with E-state index in [1.165, 1.54) is 0 Å². The van der Waals surface area contributed by atoms with Crippen LogP contribution in [0, 0.1) is 13.3 Å². The third-order valence-electron chi connectivity index (χ3n) is 3.27. The molecule has 0 saturated heterocycles. The summed E-state index contributed by atoms with van der Waals surface area (Å²) in [6, 6.07) is 8.62. The maximum Gasteiger partial charge on any atom is 0.183 e. The van der Waals surface area contributed by atoms with Crippen molar-refractivity contribution in [2.45, 2.75) is 18.7 Å². The summed E-state index contributed by atoms with van der Waals surface area (Å²) in [5.74, 6) is 0.0779. The maximum atomic E-state index is 12.0. The Hall–Kier alpha value is -2.21. The van der Waals surface area contributed by atoms with Crippen LogP contribution in [0.5, 0.6) is 0 Å². The van der Waals surface area contributed by atoms with E-state index in [0.717, 1.165) is 16.9 Å². The molecule has 107 valence electrons. The molecule has 0 bridgehead atoms. The SMILES string of the molecule is CCS(=O)(=O)c1cccc(-c2cc3nc(C)cn3[c]n2)c1. The van der Waals surface area contributed by atoms with E-state index in [1.54, 1.807) is 29.5 Å². The number of imidazole rings is 1. The third-order valence-corrected chi connectivity index (χ3v) is 5.00. The number of nitrogens with zero attached hydrogens (tertiary/aromatic N) is 3. The van der Waals surface area contributed by atoms with Crippen LogP contribution in [-0.2, 0) is 9.84 Å². The number of hydrogen-bond donors (Lipinski definition) is 0. The van der Waals surface area contributed by atoms with Crippen molar-refractivity contribution in [1.29, 1.82) is 0 Å². The van der Waals surface area contributed by atoms with Gasteiger partial charge in [0.2, 0.25) is 0 Å². The van der Waals surface area contributed by atoms with Gasteiger partial charge in [-0.15, -0.1) is 0 Å². The number of rotatable bonds is 3. The van der Waals surface area contributed by atoms with E-state index in [1.807, 2.05) is 25.3 Å². The first-order chi connectivity index (χ1) is 9.99. The van der Waals surface area contributed by atoms with Crippen molar-refractivity contribution >= 4 is 15.5 Å². The molecule has 0 N–H and O–H groups in total. The minimum absolute atomic E-state index is 0.0779. The number of hydrogen-bond acceptors (Lipinski definition) is 4. The zero-order valence-corrected chi connectivity index (χ0v) is 12.6. The van der Waals surface area contributed by atoms with E-state index in [2.05, 4.69) is 16.3 Å². The van der Waals surface area contributed by atoms with Gasteiger partial charge in [0.25, 0.3) is 0 Å². The zero-order valence-electron chi connectivity index (χ0n) is 11.7. The van der Waals surface area contributed by atoms with Crippen LogP contribution in [0.2, 0.25) is 0 Å². The Morgan fingerprint density at radius 3 is 2.86 bits per heavy atom. The second-order valence-electron chi connectivity index (χ2n) is 4.78. The standard InChI is InChI=1S/C15H14N3O2S/c1-3-21(19,20)13-6-4-5-12(7-13)14-8-15-17-11(2)9-18(15)10-16-14/h4-9H,3H2,1-2H3. The van der Waals surface area contributed by atoms with E-state index in [0.29, 0.717) is 10.6 Å². The first-order valence-corrected chi connectivity index (χ1v) is 8.22. The van der Waals surface area contributed by atoms with Crippen LogP contribution >= 0.6 is 0 Å². The normalized spacial score (nSPS) is 11.9. The van der Waals surface area contributed by atoms with Gasteiger partial charge in [-0.05, 0) is 19.1 Å². The van der Waals surface area contributed by atoms with E-state index >= 15 is 0 Å². The lowest BCUT2D eigenvalue weighted by Gasteiger charge is -2.05. The molecule has 0 spiro atoms. The van der Waals surface area contributed by atoms with Crippen molar-refractivity contribution in [2.75, 3.05) is 5.75 Å². The number of benzene rings is 1. The number of aryl methyl sites for hydroxylation is 1. The lowest BCUT2D eigenvalue weighted by molar-refractivity contribution is 0.597. The molecule has 1 radical (unpaired) electrons. The van der Waals surface area contributed by atoms with Crippen molar-refractivity contribution in [3.8, 4) is 11.3 Å². The minimum atomic E-state index is -3.23. The molecule has 0 aliphatic heterocycles. The van der Waals surface area contributed by atoms with Crippen molar-refractivity contribution in [2.24, 2.45) is 0 Å². The molecule has 0 amide bonds. The molecule has 1 aromatic carbocycles. The van der Waals surface area contributed by atoms with Crippen molar-refractivity contribution in [1.82, 2.24) is 14.4 Å². The highest BCUT2D eigenvalue weighted by Gasteiger charge is 2.13. The molecule has 6 heteroatoms. The van der Waals surface area contributed by atoms with Crippen LogP contribution in [0.15, 0.2) is 41.4 Å². The van der Waals surface area contributed by atoms with Gasteiger partial charge in [0.15, 0.2) is 16.2 Å². The van der Waals surface area contributed by atoms with Crippen LogP contribution < -0.4 is 0 Å². The summed E-state index contributed by atoms with van der Waals surface area (Å²) in [5, 5.41) is 0. The fourth-order valence-electron chi connectivity index (χ4n) is 2.12. The third kappa shape index (κ3) is 2.54. The van der Waals surface area contributed by atoms with Gasteiger partial charge in [0, 0.05) is 17.8 Å². The lowest BCUT2D eigenvalue weighted by atomic mass is 10.1. The van der Waals surface area contributed by atoms with Gasteiger partial charge in [-0.1, -0.05) is 19.1 Å². The van der Waals surface area contributed by atoms with Crippen molar-refractivity contribution in [3.63, 3.8) is 0 Å². The molecule has 0 aliphatic rings. The quantitative estimate of drug-likeness (QED) is 0.744. The molecule has 2 aromatic heterocycles. The molecule has 2 heterocycles. The van der Waals surface area contributed by atoms with Crippen LogP contribution in [0.1, 0.15) is 12.6 Å². The van der Waals surface area contributed by atoms with Gasteiger partial charge in [-0.2, -0.15) is 0 Å². The van der Waals surface area contributed by atoms with Gasteiger partial charge in [0.05, 0.1) is 22.0 Å². The highest BCUT2D eigenvalue weighted by atomic mass is 32.2. The molecule has 0 atom stereocenters. The summed E-state index contributed by atoms with van der Waals surface area (Å²) >= 11 is 0. The number of aromatic nitrogens is 3. The first-order valence-electron chi connectivity index (χ1n) is 6.57. The average molecular weight is 300 g/mol. The van der Waals surface area contributed by atoms with Gasteiger partial charge in [-0.25, -0.2) is 18.4 Å². The Bertz CT molecular complexity index is 914. The molecule has 0 aliphatic carbocycles. The lowest BCUT2D eigenvalue weighted by Crippen LogP contribution is -2.03. The van der Waals surface area contributed by atoms with Gasteiger partial charge < -0.3 is 0 Å². The Kier molecular flexibility index (Phi) is 3.25. The Labute approximate surface area is 123 Å². The Morgan fingerprint density at radius 2 is 2.10 bits per heavy atom. The topological polar surface area (TPSA) is 64.3 Å². The summed E-state index contributed by atoms with van der Waals surface area (Å²) < 4.78 is 25.6. The van der Waals surface area contributed by atoms with E-state index < -0.39 is 9.84 Å². The first kappa shape index (κ1) is 13.8. The Balaban J connectivity index is 2.12. The van der Waals surface area contributed by atoms with Crippen LogP contribution in [-0.4, -0.2) is 28.5 Å².